The molecule has 1 rings (SSSR count). The summed E-state index contributed by atoms with van der Waals surface area (Å²) in [4.78, 5) is 35.5. The molecule has 1 aliphatic carbocycles. The number of esters is 2. The second-order valence-electron chi connectivity index (χ2n) is 14.5. The zero-order chi connectivity index (χ0) is 40.7. The highest BCUT2D eigenvalue weighted by Crippen LogP contribution is 2.47. The summed E-state index contributed by atoms with van der Waals surface area (Å²) in [5, 5.41) is 50.0. The predicted octanol–water partition coefficient (Wildman–Crippen LogP) is 7.05. The van der Waals surface area contributed by atoms with E-state index in [9.17, 15) is 44.6 Å². The van der Waals surface area contributed by atoms with Gasteiger partial charge in [-0.25, -0.2) is 4.57 Å². The molecule has 55 heavy (non-hydrogen) atoms. The molecule has 1 saturated carbocycles. The van der Waals surface area contributed by atoms with Crippen molar-refractivity contribution in [2.75, 3.05) is 13.2 Å². The van der Waals surface area contributed by atoms with Crippen molar-refractivity contribution in [2.24, 2.45) is 0 Å². The van der Waals surface area contributed by atoms with Crippen LogP contribution in [0.5, 0.6) is 0 Å². The Labute approximate surface area is 329 Å². The number of allylic oxidation sites excluding steroid dienone is 6. The van der Waals surface area contributed by atoms with Crippen molar-refractivity contribution >= 4 is 19.8 Å². The number of carbonyl (C=O) groups excluding carboxylic acids is 2. The molecule has 6 N–H and O–H groups in total. The summed E-state index contributed by atoms with van der Waals surface area (Å²) in [5.74, 6) is -1.11. The van der Waals surface area contributed by atoms with E-state index < -0.39 is 75.7 Å². The van der Waals surface area contributed by atoms with E-state index in [1.807, 2.05) is 0 Å². The Morgan fingerprint density at radius 1 is 0.582 bits per heavy atom. The topological polar surface area (TPSA) is 210 Å². The Bertz CT molecular complexity index is 1110. The fourth-order valence-electron chi connectivity index (χ4n) is 6.12. The van der Waals surface area contributed by atoms with E-state index in [0.29, 0.717) is 12.8 Å². The molecule has 0 aliphatic heterocycles. The number of hydrogen-bond donors (Lipinski definition) is 6. The number of ether oxygens (including phenoxy) is 2. The zero-order valence-corrected chi connectivity index (χ0v) is 34.4. The molecule has 0 aromatic heterocycles. The second kappa shape index (κ2) is 32.1. The van der Waals surface area contributed by atoms with Crippen molar-refractivity contribution in [3.63, 3.8) is 0 Å². The van der Waals surface area contributed by atoms with Crippen molar-refractivity contribution in [3.8, 4) is 0 Å². The Morgan fingerprint density at radius 3 is 1.58 bits per heavy atom. The fraction of sp³-hybridized carbons (Fsp3) is 0.805. The van der Waals surface area contributed by atoms with Gasteiger partial charge in [-0.15, -0.1) is 0 Å². The van der Waals surface area contributed by atoms with Crippen LogP contribution in [0, 0.1) is 0 Å². The highest BCUT2D eigenvalue weighted by Gasteiger charge is 2.51. The van der Waals surface area contributed by atoms with E-state index in [-0.39, 0.29) is 12.8 Å². The second-order valence-corrected chi connectivity index (χ2v) is 15.9. The number of aliphatic hydroxyl groups excluding tert-OH is 5. The van der Waals surface area contributed by atoms with Gasteiger partial charge in [0.2, 0.25) is 0 Å². The Kier molecular flexibility index (Phi) is 29.8. The number of phosphoric acid groups is 1. The van der Waals surface area contributed by atoms with Crippen molar-refractivity contribution in [1.82, 2.24) is 0 Å². The molecule has 0 heterocycles. The third kappa shape index (κ3) is 25.1. The zero-order valence-electron chi connectivity index (χ0n) is 33.5. The van der Waals surface area contributed by atoms with Gasteiger partial charge < -0.3 is 39.9 Å². The SMILES string of the molecule is CC/C=C\C/C=C\C/C=C\CCCCCCCCCC(=O)OC(COC(=O)CCCCCCCCCCC)COP(=O)(O)OC1C(O)C(O)C(O)C(O)C1O. The predicted molar refractivity (Wildman–Crippen MR) is 212 cm³/mol. The molecule has 14 heteroatoms. The van der Waals surface area contributed by atoms with Gasteiger partial charge in [0.15, 0.2) is 6.10 Å². The number of aliphatic hydroxyl groups is 5. The average molecular weight is 805 g/mol. The van der Waals surface area contributed by atoms with Gasteiger partial charge in [0, 0.05) is 12.8 Å². The maximum absolute atomic E-state index is 12.8. The van der Waals surface area contributed by atoms with Crippen LogP contribution in [0.3, 0.4) is 0 Å². The molecule has 0 amide bonds. The van der Waals surface area contributed by atoms with E-state index in [1.165, 1.54) is 32.1 Å². The van der Waals surface area contributed by atoms with E-state index in [0.717, 1.165) is 83.5 Å². The smallest absolute Gasteiger partial charge is 0.462 e. The molecule has 6 unspecified atom stereocenters. The summed E-state index contributed by atoms with van der Waals surface area (Å²) in [6.45, 7) is 3.13. The van der Waals surface area contributed by atoms with Gasteiger partial charge in [0.25, 0.3) is 0 Å². The Morgan fingerprint density at radius 2 is 1.04 bits per heavy atom. The summed E-state index contributed by atoms with van der Waals surface area (Å²) in [6, 6.07) is 0. The number of unbranched alkanes of at least 4 members (excludes halogenated alkanes) is 15. The lowest BCUT2D eigenvalue weighted by Gasteiger charge is -2.41. The van der Waals surface area contributed by atoms with Gasteiger partial charge in [0.1, 0.15) is 43.2 Å². The van der Waals surface area contributed by atoms with Gasteiger partial charge >= 0.3 is 19.8 Å². The lowest BCUT2D eigenvalue weighted by Crippen LogP contribution is -2.64. The lowest BCUT2D eigenvalue weighted by molar-refractivity contribution is -0.220. The maximum Gasteiger partial charge on any atom is 0.472 e. The molecule has 0 bridgehead atoms. The first kappa shape index (κ1) is 51.1. The van der Waals surface area contributed by atoms with Crippen LogP contribution in [0.4, 0.5) is 0 Å². The molecule has 1 fully saturated rings. The van der Waals surface area contributed by atoms with Crippen LogP contribution < -0.4 is 0 Å². The highest BCUT2D eigenvalue weighted by molar-refractivity contribution is 7.47. The first-order chi connectivity index (χ1) is 26.4. The van der Waals surface area contributed by atoms with Gasteiger partial charge in [-0.3, -0.25) is 18.6 Å². The number of phosphoric ester groups is 1. The van der Waals surface area contributed by atoms with Crippen molar-refractivity contribution < 1.29 is 63.1 Å². The molecular weight excluding hydrogens is 731 g/mol. The summed E-state index contributed by atoms with van der Waals surface area (Å²) in [6.07, 6.45) is 20.8. The van der Waals surface area contributed by atoms with Gasteiger partial charge in [0.05, 0.1) is 6.61 Å². The molecule has 1 aliphatic rings. The van der Waals surface area contributed by atoms with Crippen molar-refractivity contribution in [3.05, 3.63) is 36.5 Å². The molecule has 0 aromatic carbocycles. The van der Waals surface area contributed by atoms with Gasteiger partial charge in [-0.05, 0) is 44.9 Å². The third-order valence-electron chi connectivity index (χ3n) is 9.50. The largest absolute Gasteiger partial charge is 0.472 e. The minimum Gasteiger partial charge on any atom is -0.462 e. The molecule has 6 atom stereocenters. The summed E-state index contributed by atoms with van der Waals surface area (Å²) in [5.41, 5.74) is 0. The average Bonchev–Trinajstić information content (AvgIpc) is 3.16. The number of carbonyl (C=O) groups is 2. The van der Waals surface area contributed by atoms with Gasteiger partial charge in [-0.1, -0.05) is 134 Å². The summed E-state index contributed by atoms with van der Waals surface area (Å²) in [7, 11) is -5.11. The van der Waals surface area contributed by atoms with Crippen LogP contribution in [-0.2, 0) is 32.7 Å². The quantitative estimate of drug-likeness (QED) is 0.0170. The standard InChI is InChI=1S/C41H73O13P/c1-3-5-7-9-11-13-14-15-16-17-18-19-20-22-24-26-28-30-35(43)53-33(31-51-34(42)29-27-25-23-21-12-10-8-6-4-2)32-52-55(49,50)54-41-39(47)37(45)36(44)38(46)40(41)48/h5,7,11,13,15-16,33,36-41,44-48H,3-4,6,8-10,12,14,17-32H2,1-2H3,(H,49,50)/b7-5-,13-11-,16-15-. The third-order valence-corrected chi connectivity index (χ3v) is 10.5. The van der Waals surface area contributed by atoms with Crippen LogP contribution >= 0.6 is 7.82 Å². The monoisotopic (exact) mass is 804 g/mol. The molecule has 0 saturated heterocycles. The normalized spacial score (nSPS) is 23.4. The van der Waals surface area contributed by atoms with E-state index in [2.05, 4.69) is 50.3 Å². The molecule has 320 valence electrons. The Hall–Kier alpha value is -1.93. The molecule has 0 spiro atoms. The summed E-state index contributed by atoms with van der Waals surface area (Å²) >= 11 is 0. The minimum absolute atomic E-state index is 0.0862. The maximum atomic E-state index is 12.8. The lowest BCUT2D eigenvalue weighted by atomic mass is 9.85. The van der Waals surface area contributed by atoms with Crippen molar-refractivity contribution in [1.29, 1.82) is 0 Å². The van der Waals surface area contributed by atoms with E-state index in [1.54, 1.807) is 0 Å². The number of hydrogen-bond acceptors (Lipinski definition) is 12. The van der Waals surface area contributed by atoms with Crippen LogP contribution in [0.25, 0.3) is 0 Å². The summed E-state index contributed by atoms with van der Waals surface area (Å²) < 4.78 is 33.4. The molecule has 13 nitrogen and oxygen atoms in total. The first-order valence-electron chi connectivity index (χ1n) is 20.8. The van der Waals surface area contributed by atoms with Crippen LogP contribution in [0.2, 0.25) is 0 Å². The highest BCUT2D eigenvalue weighted by atomic mass is 31.2. The molecular formula is C41H73O13P. The van der Waals surface area contributed by atoms with Gasteiger partial charge in [-0.2, -0.15) is 0 Å². The Balaban J connectivity index is 2.49. The first-order valence-corrected chi connectivity index (χ1v) is 22.3. The van der Waals surface area contributed by atoms with E-state index in [4.69, 9.17) is 18.5 Å². The van der Waals surface area contributed by atoms with Crippen LogP contribution in [0.1, 0.15) is 155 Å². The van der Waals surface area contributed by atoms with Crippen molar-refractivity contribution in [2.45, 2.75) is 198 Å². The molecule has 0 aromatic rings. The van der Waals surface area contributed by atoms with Crippen LogP contribution in [-0.4, -0.2) is 98.3 Å². The fourth-order valence-corrected chi connectivity index (χ4v) is 7.10. The van der Waals surface area contributed by atoms with Crippen LogP contribution in [0.15, 0.2) is 36.5 Å². The molecule has 0 radical (unpaired) electrons. The van der Waals surface area contributed by atoms with E-state index >= 15 is 0 Å². The number of rotatable bonds is 33. The minimum atomic E-state index is -5.11.